The van der Waals surface area contributed by atoms with Crippen molar-refractivity contribution in [3.63, 3.8) is 0 Å². The average molecular weight is 264 g/mol. The van der Waals surface area contributed by atoms with Gasteiger partial charge in [0.25, 0.3) is 0 Å². The summed E-state index contributed by atoms with van der Waals surface area (Å²) in [6.07, 6.45) is 0. The van der Waals surface area contributed by atoms with Crippen LogP contribution in [0.25, 0.3) is 0 Å². The molecule has 0 aromatic heterocycles. The highest BCUT2D eigenvalue weighted by molar-refractivity contribution is 6.30. The highest BCUT2D eigenvalue weighted by atomic mass is 35.5. The molecular formula is C14H14ClNO2. The maximum Gasteiger partial charge on any atom is 0.142 e. The maximum atomic E-state index is 5.90. The van der Waals surface area contributed by atoms with Gasteiger partial charge in [0, 0.05) is 11.1 Å². The molecule has 4 heteroatoms. The Bertz CT molecular complexity index is 543. The van der Waals surface area contributed by atoms with E-state index in [-0.39, 0.29) is 0 Å². The molecule has 0 fully saturated rings. The number of ether oxygens (including phenoxy) is 2. The van der Waals surface area contributed by atoms with Crippen LogP contribution in [-0.2, 0) is 6.61 Å². The van der Waals surface area contributed by atoms with Crippen LogP contribution in [0.1, 0.15) is 5.56 Å². The van der Waals surface area contributed by atoms with Crippen LogP contribution in [0.5, 0.6) is 11.5 Å². The van der Waals surface area contributed by atoms with Crippen molar-refractivity contribution in [2.45, 2.75) is 6.61 Å². The molecule has 0 saturated heterocycles. The molecule has 0 unspecified atom stereocenters. The minimum Gasteiger partial charge on any atom is -0.497 e. The largest absolute Gasteiger partial charge is 0.497 e. The number of anilines is 1. The van der Waals surface area contributed by atoms with E-state index in [9.17, 15) is 0 Å². The zero-order valence-corrected chi connectivity index (χ0v) is 10.8. The quantitative estimate of drug-likeness (QED) is 0.859. The number of methoxy groups -OCH3 is 1. The Morgan fingerprint density at radius 3 is 2.67 bits per heavy atom. The van der Waals surface area contributed by atoms with Crippen molar-refractivity contribution in [3.05, 3.63) is 53.1 Å². The first-order chi connectivity index (χ1) is 8.69. The van der Waals surface area contributed by atoms with Crippen molar-refractivity contribution >= 4 is 17.3 Å². The van der Waals surface area contributed by atoms with Crippen LogP contribution < -0.4 is 15.2 Å². The number of rotatable bonds is 4. The molecule has 0 saturated carbocycles. The Hall–Kier alpha value is -1.87. The minimum absolute atomic E-state index is 0.428. The summed E-state index contributed by atoms with van der Waals surface area (Å²) in [6, 6.07) is 12.9. The van der Waals surface area contributed by atoms with Gasteiger partial charge in [0.1, 0.15) is 18.1 Å². The first-order valence-corrected chi connectivity index (χ1v) is 5.87. The third-order valence-electron chi connectivity index (χ3n) is 2.50. The second kappa shape index (κ2) is 5.65. The van der Waals surface area contributed by atoms with Crippen LogP contribution in [0, 0.1) is 0 Å². The number of nitrogens with two attached hydrogens (primary N) is 1. The van der Waals surface area contributed by atoms with Gasteiger partial charge in [-0.15, -0.1) is 0 Å². The van der Waals surface area contributed by atoms with Crippen molar-refractivity contribution in [1.82, 2.24) is 0 Å². The fourth-order valence-electron chi connectivity index (χ4n) is 1.57. The maximum absolute atomic E-state index is 5.90. The van der Waals surface area contributed by atoms with E-state index in [1.165, 1.54) is 0 Å². The van der Waals surface area contributed by atoms with Gasteiger partial charge in [-0.1, -0.05) is 23.7 Å². The van der Waals surface area contributed by atoms with Gasteiger partial charge >= 0.3 is 0 Å². The Balaban J connectivity index is 2.06. The third kappa shape index (κ3) is 3.08. The number of nitrogen functional groups attached to an aromatic ring is 1. The minimum atomic E-state index is 0.428. The lowest BCUT2D eigenvalue weighted by Gasteiger charge is -2.10. The fraction of sp³-hybridized carbons (Fsp3) is 0.143. The van der Waals surface area contributed by atoms with E-state index in [0.717, 1.165) is 5.56 Å². The van der Waals surface area contributed by atoms with Crippen LogP contribution in [0.3, 0.4) is 0 Å². The van der Waals surface area contributed by atoms with Gasteiger partial charge in [-0.2, -0.15) is 0 Å². The molecule has 0 aliphatic heterocycles. The molecule has 18 heavy (non-hydrogen) atoms. The van der Waals surface area contributed by atoms with Crippen molar-refractivity contribution in [1.29, 1.82) is 0 Å². The first kappa shape index (κ1) is 12.6. The van der Waals surface area contributed by atoms with Gasteiger partial charge < -0.3 is 15.2 Å². The fourth-order valence-corrected chi connectivity index (χ4v) is 1.79. The molecule has 0 amide bonds. The zero-order valence-electron chi connectivity index (χ0n) is 10.0. The summed E-state index contributed by atoms with van der Waals surface area (Å²) in [4.78, 5) is 0. The van der Waals surface area contributed by atoms with Gasteiger partial charge in [0.2, 0.25) is 0 Å². The van der Waals surface area contributed by atoms with Crippen LogP contribution in [0.4, 0.5) is 5.69 Å². The molecule has 0 radical (unpaired) electrons. The van der Waals surface area contributed by atoms with Crippen molar-refractivity contribution < 1.29 is 9.47 Å². The van der Waals surface area contributed by atoms with Gasteiger partial charge in [-0.3, -0.25) is 0 Å². The van der Waals surface area contributed by atoms with E-state index < -0.39 is 0 Å². The molecule has 2 rings (SSSR count). The van der Waals surface area contributed by atoms with Gasteiger partial charge in [-0.05, 0) is 29.8 Å². The first-order valence-electron chi connectivity index (χ1n) is 5.50. The SMILES string of the molecule is COc1ccc(OCc2cccc(Cl)c2)c(N)c1. The Labute approximate surface area is 111 Å². The predicted octanol–water partition coefficient (Wildman–Crippen LogP) is 3.51. The van der Waals surface area contributed by atoms with Crippen molar-refractivity contribution in [2.24, 2.45) is 0 Å². The molecular weight excluding hydrogens is 250 g/mol. The molecule has 0 aliphatic rings. The molecule has 2 aromatic rings. The molecule has 2 N–H and O–H groups in total. The second-order valence-corrected chi connectivity index (χ2v) is 4.26. The molecule has 0 spiro atoms. The van der Waals surface area contributed by atoms with E-state index in [1.807, 2.05) is 30.3 Å². The molecule has 0 atom stereocenters. The van der Waals surface area contributed by atoms with E-state index in [0.29, 0.717) is 28.8 Å². The lowest BCUT2D eigenvalue weighted by molar-refractivity contribution is 0.307. The van der Waals surface area contributed by atoms with Gasteiger partial charge in [-0.25, -0.2) is 0 Å². The standard InChI is InChI=1S/C14H14ClNO2/c1-17-12-5-6-14(13(16)8-12)18-9-10-3-2-4-11(15)7-10/h2-8H,9,16H2,1H3. The molecule has 0 aliphatic carbocycles. The Morgan fingerprint density at radius 2 is 2.00 bits per heavy atom. The second-order valence-electron chi connectivity index (χ2n) is 3.82. The highest BCUT2D eigenvalue weighted by Gasteiger charge is 2.03. The van der Waals surface area contributed by atoms with Crippen molar-refractivity contribution in [2.75, 3.05) is 12.8 Å². The number of hydrogen-bond acceptors (Lipinski definition) is 3. The normalized spacial score (nSPS) is 10.1. The topological polar surface area (TPSA) is 44.5 Å². The van der Waals surface area contributed by atoms with E-state index in [2.05, 4.69) is 0 Å². The van der Waals surface area contributed by atoms with E-state index in [1.54, 1.807) is 19.2 Å². The van der Waals surface area contributed by atoms with Crippen molar-refractivity contribution in [3.8, 4) is 11.5 Å². The summed E-state index contributed by atoms with van der Waals surface area (Å²) < 4.78 is 10.7. The number of halogens is 1. The van der Waals surface area contributed by atoms with Crippen LogP contribution in [0.2, 0.25) is 5.02 Å². The monoisotopic (exact) mass is 263 g/mol. The Kier molecular flexibility index (Phi) is 3.95. The van der Waals surface area contributed by atoms with Crippen LogP contribution in [-0.4, -0.2) is 7.11 Å². The molecule has 0 bridgehead atoms. The van der Waals surface area contributed by atoms with Crippen LogP contribution in [0.15, 0.2) is 42.5 Å². The lowest BCUT2D eigenvalue weighted by atomic mass is 10.2. The third-order valence-corrected chi connectivity index (χ3v) is 2.74. The summed E-state index contributed by atoms with van der Waals surface area (Å²) in [6.45, 7) is 0.428. The summed E-state index contributed by atoms with van der Waals surface area (Å²) >= 11 is 5.90. The molecule has 94 valence electrons. The number of hydrogen-bond donors (Lipinski definition) is 1. The number of benzene rings is 2. The van der Waals surface area contributed by atoms with Gasteiger partial charge in [0.05, 0.1) is 12.8 Å². The summed E-state index contributed by atoms with van der Waals surface area (Å²) in [5.41, 5.74) is 7.41. The highest BCUT2D eigenvalue weighted by Crippen LogP contribution is 2.27. The lowest BCUT2D eigenvalue weighted by Crippen LogP contribution is -1.99. The average Bonchev–Trinajstić information content (AvgIpc) is 2.37. The summed E-state index contributed by atoms with van der Waals surface area (Å²) in [5.74, 6) is 1.35. The van der Waals surface area contributed by atoms with Crippen LogP contribution >= 0.6 is 11.6 Å². The van der Waals surface area contributed by atoms with E-state index in [4.69, 9.17) is 26.8 Å². The predicted molar refractivity (Wildman–Crippen MR) is 73.2 cm³/mol. The molecule has 0 heterocycles. The smallest absolute Gasteiger partial charge is 0.142 e. The summed E-state index contributed by atoms with van der Waals surface area (Å²) in [7, 11) is 1.60. The zero-order chi connectivity index (χ0) is 13.0. The van der Waals surface area contributed by atoms with E-state index >= 15 is 0 Å². The Morgan fingerprint density at radius 1 is 1.17 bits per heavy atom. The molecule has 3 nitrogen and oxygen atoms in total. The molecule has 2 aromatic carbocycles. The van der Waals surface area contributed by atoms with Gasteiger partial charge in [0.15, 0.2) is 0 Å². The summed E-state index contributed by atoms with van der Waals surface area (Å²) in [5, 5.41) is 0.693.